The third-order valence-electron chi connectivity index (χ3n) is 2.11. The summed E-state index contributed by atoms with van der Waals surface area (Å²) in [6.07, 6.45) is 3.19. The standard InChI is InChI=1S/C12H7ClN2/c13-12-4-2-1-3-11(12)10-5-6-15-8-9(10)7-14/h1-6,8H. The van der Waals surface area contributed by atoms with Crippen LogP contribution in [0.2, 0.25) is 5.02 Å². The fraction of sp³-hybridized carbons (Fsp3) is 0. The van der Waals surface area contributed by atoms with Crippen molar-refractivity contribution in [2.24, 2.45) is 0 Å². The zero-order valence-electron chi connectivity index (χ0n) is 7.81. The number of rotatable bonds is 1. The minimum atomic E-state index is 0.533. The highest BCUT2D eigenvalue weighted by molar-refractivity contribution is 6.33. The van der Waals surface area contributed by atoms with Crippen molar-refractivity contribution < 1.29 is 0 Å². The second-order valence-electron chi connectivity index (χ2n) is 3.01. The van der Waals surface area contributed by atoms with Crippen LogP contribution in [0.15, 0.2) is 42.7 Å². The van der Waals surface area contributed by atoms with Gasteiger partial charge >= 0.3 is 0 Å². The predicted molar refractivity (Wildman–Crippen MR) is 59.4 cm³/mol. The topological polar surface area (TPSA) is 36.7 Å². The molecule has 0 bridgehead atoms. The number of hydrogen-bond acceptors (Lipinski definition) is 2. The van der Waals surface area contributed by atoms with E-state index in [1.54, 1.807) is 24.5 Å². The summed E-state index contributed by atoms with van der Waals surface area (Å²) in [5.41, 5.74) is 2.21. The second-order valence-corrected chi connectivity index (χ2v) is 3.42. The van der Waals surface area contributed by atoms with Crippen LogP contribution < -0.4 is 0 Å². The Morgan fingerprint density at radius 2 is 1.93 bits per heavy atom. The van der Waals surface area contributed by atoms with E-state index in [2.05, 4.69) is 11.1 Å². The highest BCUT2D eigenvalue weighted by atomic mass is 35.5. The summed E-state index contributed by atoms with van der Waals surface area (Å²) in [6, 6.07) is 11.3. The Bertz CT molecular complexity index is 529. The monoisotopic (exact) mass is 214 g/mol. The smallest absolute Gasteiger partial charge is 0.101 e. The van der Waals surface area contributed by atoms with E-state index >= 15 is 0 Å². The first-order chi connectivity index (χ1) is 7.33. The van der Waals surface area contributed by atoms with E-state index in [4.69, 9.17) is 16.9 Å². The van der Waals surface area contributed by atoms with Gasteiger partial charge in [-0.2, -0.15) is 5.26 Å². The van der Waals surface area contributed by atoms with Gasteiger partial charge in [-0.3, -0.25) is 4.98 Å². The van der Waals surface area contributed by atoms with E-state index in [1.165, 1.54) is 0 Å². The molecule has 72 valence electrons. The molecule has 0 spiro atoms. The molecule has 0 saturated heterocycles. The van der Waals surface area contributed by atoms with Crippen LogP contribution >= 0.6 is 11.6 Å². The average molecular weight is 215 g/mol. The minimum Gasteiger partial charge on any atom is -0.263 e. The molecule has 2 nitrogen and oxygen atoms in total. The molecule has 0 unspecified atom stereocenters. The fourth-order valence-corrected chi connectivity index (χ4v) is 1.64. The zero-order valence-corrected chi connectivity index (χ0v) is 8.57. The largest absolute Gasteiger partial charge is 0.263 e. The molecule has 2 aromatic rings. The van der Waals surface area contributed by atoms with Gasteiger partial charge in [0.1, 0.15) is 6.07 Å². The molecule has 1 aromatic carbocycles. The van der Waals surface area contributed by atoms with Gasteiger partial charge in [0.25, 0.3) is 0 Å². The van der Waals surface area contributed by atoms with E-state index < -0.39 is 0 Å². The molecule has 0 aliphatic heterocycles. The summed E-state index contributed by atoms with van der Waals surface area (Å²) < 4.78 is 0. The van der Waals surface area contributed by atoms with E-state index in [9.17, 15) is 0 Å². The first kappa shape index (κ1) is 9.70. The lowest BCUT2D eigenvalue weighted by Gasteiger charge is -2.04. The van der Waals surface area contributed by atoms with E-state index in [1.807, 2.05) is 18.2 Å². The van der Waals surface area contributed by atoms with Crippen molar-refractivity contribution in [3.8, 4) is 17.2 Å². The Kier molecular flexibility index (Phi) is 2.66. The zero-order chi connectivity index (χ0) is 10.7. The molecule has 0 aliphatic carbocycles. The van der Waals surface area contributed by atoms with Crippen LogP contribution in [0.1, 0.15) is 5.56 Å². The molecular weight excluding hydrogens is 208 g/mol. The Morgan fingerprint density at radius 1 is 1.13 bits per heavy atom. The molecule has 3 heteroatoms. The molecule has 0 fully saturated rings. The van der Waals surface area contributed by atoms with Crippen molar-refractivity contribution >= 4 is 11.6 Å². The van der Waals surface area contributed by atoms with Gasteiger partial charge < -0.3 is 0 Å². The number of aromatic nitrogens is 1. The van der Waals surface area contributed by atoms with Crippen molar-refractivity contribution in [2.45, 2.75) is 0 Å². The van der Waals surface area contributed by atoms with E-state index in [0.29, 0.717) is 10.6 Å². The molecule has 2 rings (SSSR count). The SMILES string of the molecule is N#Cc1cnccc1-c1ccccc1Cl. The number of pyridine rings is 1. The third-order valence-corrected chi connectivity index (χ3v) is 2.44. The molecule has 0 N–H and O–H groups in total. The Morgan fingerprint density at radius 3 is 2.67 bits per heavy atom. The number of hydrogen-bond donors (Lipinski definition) is 0. The summed E-state index contributed by atoms with van der Waals surface area (Å²) in [7, 11) is 0. The van der Waals surface area contributed by atoms with Crippen LogP contribution in [0.25, 0.3) is 11.1 Å². The number of benzene rings is 1. The Balaban J connectivity index is 2.65. The fourth-order valence-electron chi connectivity index (χ4n) is 1.40. The molecule has 0 aliphatic rings. The number of halogens is 1. The first-order valence-electron chi connectivity index (χ1n) is 4.42. The van der Waals surface area contributed by atoms with E-state index in [0.717, 1.165) is 11.1 Å². The summed E-state index contributed by atoms with van der Waals surface area (Å²) >= 11 is 6.06. The van der Waals surface area contributed by atoms with Crippen molar-refractivity contribution in [2.75, 3.05) is 0 Å². The van der Waals surface area contributed by atoms with Crippen molar-refractivity contribution in [1.29, 1.82) is 5.26 Å². The second kappa shape index (κ2) is 4.12. The highest BCUT2D eigenvalue weighted by Crippen LogP contribution is 2.29. The van der Waals surface area contributed by atoms with Crippen molar-refractivity contribution in [1.82, 2.24) is 4.98 Å². The minimum absolute atomic E-state index is 0.533. The molecule has 15 heavy (non-hydrogen) atoms. The van der Waals surface area contributed by atoms with Gasteiger partial charge in [-0.05, 0) is 12.1 Å². The van der Waals surface area contributed by atoms with Gasteiger partial charge in [0.2, 0.25) is 0 Å². The molecule has 0 saturated carbocycles. The lowest BCUT2D eigenvalue weighted by Crippen LogP contribution is -1.86. The molecule has 1 heterocycles. The molecular formula is C12H7ClN2. The maximum Gasteiger partial charge on any atom is 0.101 e. The summed E-state index contributed by atoms with van der Waals surface area (Å²) in [5.74, 6) is 0. The van der Waals surface area contributed by atoms with Gasteiger partial charge in [-0.25, -0.2) is 0 Å². The molecule has 0 amide bonds. The number of nitriles is 1. The summed E-state index contributed by atoms with van der Waals surface area (Å²) in [6.45, 7) is 0. The van der Waals surface area contributed by atoms with Gasteiger partial charge in [0, 0.05) is 28.5 Å². The van der Waals surface area contributed by atoms with Crippen LogP contribution in [0.4, 0.5) is 0 Å². The Labute approximate surface area is 92.8 Å². The van der Waals surface area contributed by atoms with Gasteiger partial charge in [-0.1, -0.05) is 29.8 Å². The van der Waals surface area contributed by atoms with Gasteiger partial charge in [0.05, 0.1) is 5.56 Å². The summed E-state index contributed by atoms with van der Waals surface area (Å²) in [4.78, 5) is 3.91. The first-order valence-corrected chi connectivity index (χ1v) is 4.79. The molecule has 0 atom stereocenters. The average Bonchev–Trinajstić information content (AvgIpc) is 2.30. The summed E-state index contributed by atoms with van der Waals surface area (Å²) in [5, 5.41) is 9.58. The highest BCUT2D eigenvalue weighted by Gasteiger charge is 2.06. The lowest BCUT2D eigenvalue weighted by atomic mass is 10.0. The van der Waals surface area contributed by atoms with Crippen molar-refractivity contribution in [3.63, 3.8) is 0 Å². The third kappa shape index (κ3) is 1.83. The maximum atomic E-state index is 8.94. The Hall–Kier alpha value is -1.85. The predicted octanol–water partition coefficient (Wildman–Crippen LogP) is 3.27. The van der Waals surface area contributed by atoms with Gasteiger partial charge in [-0.15, -0.1) is 0 Å². The normalized spacial score (nSPS) is 9.60. The van der Waals surface area contributed by atoms with Crippen molar-refractivity contribution in [3.05, 3.63) is 53.3 Å². The quantitative estimate of drug-likeness (QED) is 0.731. The van der Waals surface area contributed by atoms with E-state index in [-0.39, 0.29) is 0 Å². The lowest BCUT2D eigenvalue weighted by molar-refractivity contribution is 1.30. The van der Waals surface area contributed by atoms with Crippen LogP contribution in [0, 0.1) is 11.3 Å². The van der Waals surface area contributed by atoms with Crippen LogP contribution in [-0.4, -0.2) is 4.98 Å². The van der Waals surface area contributed by atoms with Gasteiger partial charge in [0.15, 0.2) is 0 Å². The van der Waals surface area contributed by atoms with Crippen LogP contribution in [0.5, 0.6) is 0 Å². The number of nitrogens with zero attached hydrogens (tertiary/aromatic N) is 2. The maximum absolute atomic E-state index is 8.94. The molecule has 1 aromatic heterocycles. The molecule has 0 radical (unpaired) electrons. The van der Waals surface area contributed by atoms with Crippen LogP contribution in [-0.2, 0) is 0 Å². The van der Waals surface area contributed by atoms with Crippen LogP contribution in [0.3, 0.4) is 0 Å².